The summed E-state index contributed by atoms with van der Waals surface area (Å²) in [4.78, 5) is 10.1. The SMILES string of the molecule is Cc1ccc(-c2ncc[nH]2)nc1C(F)(F)F. The molecule has 2 rings (SSSR count). The zero-order chi connectivity index (χ0) is 11.8. The van der Waals surface area contributed by atoms with Gasteiger partial charge in [0.05, 0.1) is 0 Å². The summed E-state index contributed by atoms with van der Waals surface area (Å²) in [7, 11) is 0. The maximum Gasteiger partial charge on any atom is 0.433 e. The number of nitrogens with one attached hydrogen (secondary N) is 1. The Bertz CT molecular complexity index is 489. The number of nitrogens with zero attached hydrogens (tertiary/aromatic N) is 2. The third-order valence-corrected chi connectivity index (χ3v) is 2.11. The average molecular weight is 227 g/mol. The standard InChI is InChI=1S/C10H8F3N3/c1-6-2-3-7(9-14-4-5-15-9)16-8(6)10(11,12)13/h2-5H,1H3,(H,14,15). The molecular formula is C10H8F3N3. The van der Waals surface area contributed by atoms with Crippen LogP contribution in [0.15, 0.2) is 24.5 Å². The Morgan fingerprint density at radius 2 is 2.00 bits per heavy atom. The molecule has 0 amide bonds. The molecule has 0 radical (unpaired) electrons. The molecule has 16 heavy (non-hydrogen) atoms. The van der Waals surface area contributed by atoms with Gasteiger partial charge in [-0.3, -0.25) is 0 Å². The maximum atomic E-state index is 12.6. The van der Waals surface area contributed by atoms with Crippen LogP contribution in [0.3, 0.4) is 0 Å². The highest BCUT2D eigenvalue weighted by molar-refractivity contribution is 5.50. The van der Waals surface area contributed by atoms with Crippen molar-refractivity contribution in [2.24, 2.45) is 0 Å². The number of hydrogen-bond acceptors (Lipinski definition) is 2. The molecule has 0 fully saturated rings. The highest BCUT2D eigenvalue weighted by atomic mass is 19.4. The summed E-state index contributed by atoms with van der Waals surface area (Å²) in [5, 5.41) is 0. The molecule has 0 saturated heterocycles. The fourth-order valence-electron chi connectivity index (χ4n) is 1.35. The van der Waals surface area contributed by atoms with Gasteiger partial charge in [-0.1, -0.05) is 6.07 Å². The van der Waals surface area contributed by atoms with Crippen LogP contribution >= 0.6 is 0 Å². The van der Waals surface area contributed by atoms with Crippen LogP contribution in [0.25, 0.3) is 11.5 Å². The van der Waals surface area contributed by atoms with E-state index in [1.165, 1.54) is 31.5 Å². The first-order valence-electron chi connectivity index (χ1n) is 4.53. The molecule has 0 aliphatic rings. The van der Waals surface area contributed by atoms with E-state index in [1.54, 1.807) is 0 Å². The minimum atomic E-state index is -4.44. The average Bonchev–Trinajstić information content (AvgIpc) is 2.69. The van der Waals surface area contributed by atoms with Crippen molar-refractivity contribution in [1.29, 1.82) is 0 Å². The summed E-state index contributed by atoms with van der Waals surface area (Å²) in [6.45, 7) is 1.38. The zero-order valence-electron chi connectivity index (χ0n) is 8.34. The van der Waals surface area contributed by atoms with Gasteiger partial charge in [0, 0.05) is 12.4 Å². The van der Waals surface area contributed by atoms with Crippen molar-refractivity contribution < 1.29 is 13.2 Å². The van der Waals surface area contributed by atoms with E-state index in [0.717, 1.165) is 0 Å². The molecular weight excluding hydrogens is 219 g/mol. The van der Waals surface area contributed by atoms with Gasteiger partial charge in [0.25, 0.3) is 0 Å². The van der Waals surface area contributed by atoms with Gasteiger partial charge < -0.3 is 4.98 Å². The van der Waals surface area contributed by atoms with Gasteiger partial charge in [0.2, 0.25) is 0 Å². The number of aromatic nitrogens is 3. The van der Waals surface area contributed by atoms with Gasteiger partial charge in [0.15, 0.2) is 5.82 Å². The van der Waals surface area contributed by atoms with Gasteiger partial charge >= 0.3 is 6.18 Å². The number of imidazole rings is 1. The topological polar surface area (TPSA) is 41.6 Å². The summed E-state index contributed by atoms with van der Waals surface area (Å²) < 4.78 is 37.7. The second kappa shape index (κ2) is 3.62. The van der Waals surface area contributed by atoms with Crippen LogP contribution in [0, 0.1) is 6.92 Å². The van der Waals surface area contributed by atoms with Crippen molar-refractivity contribution >= 4 is 0 Å². The quantitative estimate of drug-likeness (QED) is 0.813. The second-order valence-corrected chi connectivity index (χ2v) is 3.30. The number of aromatic amines is 1. The predicted octanol–water partition coefficient (Wildman–Crippen LogP) is 2.80. The van der Waals surface area contributed by atoms with Crippen LogP contribution in [-0.4, -0.2) is 15.0 Å². The van der Waals surface area contributed by atoms with Gasteiger partial charge in [-0.05, 0) is 18.6 Å². The number of halogens is 3. The minimum absolute atomic E-state index is 0.0998. The lowest BCUT2D eigenvalue weighted by Crippen LogP contribution is -2.11. The molecule has 0 bridgehead atoms. The number of rotatable bonds is 1. The molecule has 0 atom stereocenters. The van der Waals surface area contributed by atoms with Crippen LogP contribution in [0.5, 0.6) is 0 Å². The van der Waals surface area contributed by atoms with E-state index in [1.807, 2.05) is 0 Å². The smallest absolute Gasteiger partial charge is 0.343 e. The molecule has 0 saturated carbocycles. The van der Waals surface area contributed by atoms with Crippen molar-refractivity contribution in [2.75, 3.05) is 0 Å². The van der Waals surface area contributed by atoms with Crippen molar-refractivity contribution in [3.63, 3.8) is 0 Å². The Morgan fingerprint density at radius 3 is 2.56 bits per heavy atom. The molecule has 0 aromatic carbocycles. The van der Waals surface area contributed by atoms with Crippen molar-refractivity contribution in [3.8, 4) is 11.5 Å². The lowest BCUT2D eigenvalue weighted by atomic mass is 10.2. The molecule has 2 heterocycles. The predicted molar refractivity (Wildman–Crippen MR) is 51.6 cm³/mol. The monoisotopic (exact) mass is 227 g/mol. The van der Waals surface area contributed by atoms with Crippen LogP contribution in [0.4, 0.5) is 13.2 Å². The van der Waals surface area contributed by atoms with E-state index in [9.17, 15) is 13.2 Å². The lowest BCUT2D eigenvalue weighted by molar-refractivity contribution is -0.141. The highest BCUT2D eigenvalue weighted by Gasteiger charge is 2.34. The summed E-state index contributed by atoms with van der Waals surface area (Å²) in [5.41, 5.74) is -0.591. The molecule has 3 nitrogen and oxygen atoms in total. The zero-order valence-corrected chi connectivity index (χ0v) is 8.34. The Kier molecular flexibility index (Phi) is 2.41. The number of alkyl halides is 3. The van der Waals surface area contributed by atoms with Crippen LogP contribution in [0.2, 0.25) is 0 Å². The van der Waals surface area contributed by atoms with Crippen LogP contribution < -0.4 is 0 Å². The molecule has 1 N–H and O–H groups in total. The minimum Gasteiger partial charge on any atom is -0.343 e. The molecule has 0 spiro atoms. The van der Waals surface area contributed by atoms with E-state index >= 15 is 0 Å². The summed E-state index contributed by atoms with van der Waals surface area (Å²) in [6.07, 6.45) is -1.44. The molecule has 0 aliphatic carbocycles. The first-order valence-corrected chi connectivity index (χ1v) is 4.53. The van der Waals surface area contributed by atoms with Gasteiger partial charge in [-0.25, -0.2) is 9.97 Å². The van der Waals surface area contributed by atoms with E-state index in [4.69, 9.17) is 0 Å². The molecule has 0 aliphatic heterocycles. The molecule has 2 aromatic rings. The van der Waals surface area contributed by atoms with Crippen molar-refractivity contribution in [1.82, 2.24) is 15.0 Å². The molecule has 2 aromatic heterocycles. The van der Waals surface area contributed by atoms with Crippen molar-refractivity contribution in [3.05, 3.63) is 35.8 Å². The Balaban J connectivity index is 2.52. The number of H-pyrrole nitrogens is 1. The van der Waals surface area contributed by atoms with E-state index in [2.05, 4.69) is 15.0 Å². The lowest BCUT2D eigenvalue weighted by Gasteiger charge is -2.09. The Hall–Kier alpha value is -1.85. The number of aryl methyl sites for hydroxylation is 1. The Labute approximate surface area is 89.4 Å². The maximum absolute atomic E-state index is 12.6. The molecule has 84 valence electrons. The van der Waals surface area contributed by atoms with Crippen LogP contribution in [0.1, 0.15) is 11.3 Å². The molecule has 6 heteroatoms. The fourth-order valence-corrected chi connectivity index (χ4v) is 1.35. The van der Waals surface area contributed by atoms with E-state index < -0.39 is 11.9 Å². The normalized spacial score (nSPS) is 11.8. The van der Waals surface area contributed by atoms with Crippen molar-refractivity contribution in [2.45, 2.75) is 13.1 Å². The Morgan fingerprint density at radius 1 is 1.25 bits per heavy atom. The first kappa shape index (κ1) is 10.7. The summed E-state index contributed by atoms with van der Waals surface area (Å²) >= 11 is 0. The van der Waals surface area contributed by atoms with E-state index in [-0.39, 0.29) is 11.3 Å². The fraction of sp³-hybridized carbons (Fsp3) is 0.200. The third-order valence-electron chi connectivity index (χ3n) is 2.11. The number of pyridine rings is 1. The summed E-state index contributed by atoms with van der Waals surface area (Å²) in [6, 6.07) is 2.89. The third kappa shape index (κ3) is 1.91. The highest BCUT2D eigenvalue weighted by Crippen LogP contribution is 2.31. The van der Waals surface area contributed by atoms with Gasteiger partial charge in [-0.15, -0.1) is 0 Å². The summed E-state index contributed by atoms with van der Waals surface area (Å²) in [5.74, 6) is 0.325. The second-order valence-electron chi connectivity index (χ2n) is 3.30. The largest absolute Gasteiger partial charge is 0.433 e. The first-order chi connectivity index (χ1) is 7.48. The van der Waals surface area contributed by atoms with E-state index in [0.29, 0.717) is 5.82 Å². The van der Waals surface area contributed by atoms with Crippen LogP contribution in [-0.2, 0) is 6.18 Å². The molecule has 0 unspecified atom stereocenters. The van der Waals surface area contributed by atoms with Gasteiger partial charge in [0.1, 0.15) is 11.4 Å². The number of hydrogen-bond donors (Lipinski definition) is 1. The van der Waals surface area contributed by atoms with Gasteiger partial charge in [-0.2, -0.15) is 13.2 Å².